The van der Waals surface area contributed by atoms with Crippen molar-refractivity contribution in [3.05, 3.63) is 46.2 Å². The van der Waals surface area contributed by atoms with E-state index in [1.807, 2.05) is 0 Å². The van der Waals surface area contributed by atoms with E-state index >= 15 is 0 Å². The van der Waals surface area contributed by atoms with Crippen molar-refractivity contribution in [2.45, 2.75) is 19.0 Å². The molecule has 2 heterocycles. The number of fused-ring (bicyclic) bond motifs is 1. The van der Waals surface area contributed by atoms with Crippen LogP contribution in [0.3, 0.4) is 0 Å². The number of hydrogen-bond acceptors (Lipinski definition) is 7. The number of carbonyl (C=O) groups is 1. The molecule has 0 saturated heterocycles. The predicted molar refractivity (Wildman–Crippen MR) is 86.8 cm³/mol. The predicted octanol–water partition coefficient (Wildman–Crippen LogP) is 0.559. The summed E-state index contributed by atoms with van der Waals surface area (Å²) in [6.45, 7) is 3.25. The van der Waals surface area contributed by atoms with Gasteiger partial charge in [0.25, 0.3) is 21.0 Å². The van der Waals surface area contributed by atoms with Gasteiger partial charge in [-0.25, -0.2) is 9.50 Å². The molecule has 0 aliphatic heterocycles. The van der Waals surface area contributed by atoms with Crippen LogP contribution in [0, 0.1) is 13.8 Å². The first-order valence-electron chi connectivity index (χ1n) is 6.91. The highest BCUT2D eigenvalue weighted by atomic mass is 35.5. The van der Waals surface area contributed by atoms with E-state index in [9.17, 15) is 18.3 Å². The minimum atomic E-state index is -4.27. The minimum Gasteiger partial charge on any atom is -0.545 e. The smallest absolute Gasteiger partial charge is 0.299 e. The van der Waals surface area contributed by atoms with Gasteiger partial charge in [-0.1, -0.05) is 11.6 Å². The maximum atomic E-state index is 12.6. The number of anilines is 1. The SMILES string of the molecule is Cc1cnc2nc(S(=O)(=O)Nc3c(C(=O)[O-])ccc(Cl)c3C)nn2c1. The summed E-state index contributed by atoms with van der Waals surface area (Å²) in [7, 11) is -4.27. The van der Waals surface area contributed by atoms with Gasteiger partial charge in [-0.3, -0.25) is 4.72 Å². The van der Waals surface area contributed by atoms with E-state index in [1.54, 1.807) is 13.1 Å². The molecule has 3 aromatic rings. The molecule has 25 heavy (non-hydrogen) atoms. The van der Waals surface area contributed by atoms with Crippen molar-refractivity contribution in [1.82, 2.24) is 19.6 Å². The average molecular weight is 381 g/mol. The Hall–Kier alpha value is -2.72. The first kappa shape index (κ1) is 17.1. The number of carbonyl (C=O) groups excluding carboxylic acids is 1. The summed E-state index contributed by atoms with van der Waals surface area (Å²) in [4.78, 5) is 19.1. The maximum absolute atomic E-state index is 12.6. The molecule has 0 atom stereocenters. The Labute approximate surface area is 147 Å². The Balaban J connectivity index is 2.10. The lowest BCUT2D eigenvalue weighted by molar-refractivity contribution is -0.254. The normalized spacial score (nSPS) is 11.6. The Bertz CT molecular complexity index is 1110. The van der Waals surface area contributed by atoms with Gasteiger partial charge in [-0.2, -0.15) is 13.4 Å². The Morgan fingerprint density at radius 2 is 2.04 bits per heavy atom. The minimum absolute atomic E-state index is 0.0916. The fraction of sp³-hybridized carbons (Fsp3) is 0.143. The zero-order valence-electron chi connectivity index (χ0n) is 13.0. The second kappa shape index (κ2) is 5.97. The topological polar surface area (TPSA) is 129 Å². The average Bonchev–Trinajstić information content (AvgIpc) is 2.95. The van der Waals surface area contributed by atoms with Crippen LogP contribution in [0.2, 0.25) is 5.02 Å². The molecule has 0 fully saturated rings. The number of aromatic carboxylic acids is 1. The van der Waals surface area contributed by atoms with Gasteiger partial charge in [0.2, 0.25) is 0 Å². The van der Waals surface area contributed by atoms with Gasteiger partial charge >= 0.3 is 0 Å². The lowest BCUT2D eigenvalue weighted by Crippen LogP contribution is -2.25. The van der Waals surface area contributed by atoms with Crippen LogP contribution < -0.4 is 9.83 Å². The van der Waals surface area contributed by atoms with Crippen LogP contribution in [0.1, 0.15) is 21.5 Å². The number of carboxylic acids is 1. The molecule has 0 saturated carbocycles. The number of benzene rings is 1. The van der Waals surface area contributed by atoms with E-state index in [0.29, 0.717) is 0 Å². The molecule has 3 rings (SSSR count). The number of nitrogens with zero attached hydrogens (tertiary/aromatic N) is 4. The highest BCUT2D eigenvalue weighted by Gasteiger charge is 2.24. The van der Waals surface area contributed by atoms with Crippen LogP contribution in [-0.2, 0) is 10.0 Å². The first-order chi connectivity index (χ1) is 11.7. The molecule has 0 radical (unpaired) electrons. The third-order valence-electron chi connectivity index (χ3n) is 3.40. The highest BCUT2D eigenvalue weighted by Crippen LogP contribution is 2.29. The van der Waals surface area contributed by atoms with Gasteiger partial charge < -0.3 is 9.90 Å². The summed E-state index contributed by atoms with van der Waals surface area (Å²) < 4.78 is 28.5. The quantitative estimate of drug-likeness (QED) is 0.699. The van der Waals surface area contributed by atoms with Crippen LogP contribution in [-0.4, -0.2) is 34.0 Å². The summed E-state index contributed by atoms with van der Waals surface area (Å²) in [5.74, 6) is -1.45. The molecule has 9 nitrogen and oxygen atoms in total. The summed E-state index contributed by atoms with van der Waals surface area (Å²) in [6.07, 6.45) is 3.08. The van der Waals surface area contributed by atoms with Crippen LogP contribution >= 0.6 is 11.6 Å². The fourth-order valence-corrected chi connectivity index (χ4v) is 3.32. The van der Waals surface area contributed by atoms with Crippen molar-refractivity contribution in [1.29, 1.82) is 0 Å². The second-order valence-electron chi connectivity index (χ2n) is 5.26. The lowest BCUT2D eigenvalue weighted by atomic mass is 10.1. The molecule has 2 aromatic heterocycles. The van der Waals surface area contributed by atoms with Crippen LogP contribution in [0.5, 0.6) is 0 Å². The molecule has 130 valence electrons. The van der Waals surface area contributed by atoms with E-state index < -0.39 is 21.1 Å². The molecule has 11 heteroatoms. The van der Waals surface area contributed by atoms with Gasteiger partial charge in [-0.05, 0) is 37.1 Å². The first-order valence-corrected chi connectivity index (χ1v) is 8.77. The van der Waals surface area contributed by atoms with Crippen molar-refractivity contribution >= 4 is 39.1 Å². The van der Waals surface area contributed by atoms with E-state index in [0.717, 1.165) is 11.6 Å². The van der Waals surface area contributed by atoms with Gasteiger partial charge in [-0.15, -0.1) is 5.10 Å². The summed E-state index contributed by atoms with van der Waals surface area (Å²) in [5, 5.41) is 14.8. The fourth-order valence-electron chi connectivity index (χ4n) is 2.14. The van der Waals surface area contributed by atoms with E-state index in [2.05, 4.69) is 19.8 Å². The summed E-state index contributed by atoms with van der Waals surface area (Å²) >= 11 is 5.95. The summed E-state index contributed by atoms with van der Waals surface area (Å²) in [6, 6.07) is 2.50. The van der Waals surface area contributed by atoms with Crippen LogP contribution in [0.15, 0.2) is 29.7 Å². The van der Waals surface area contributed by atoms with Gasteiger partial charge in [0.05, 0.1) is 11.7 Å². The molecule has 0 unspecified atom stereocenters. The number of hydrogen-bond donors (Lipinski definition) is 1. The third kappa shape index (κ3) is 3.13. The monoisotopic (exact) mass is 380 g/mol. The van der Waals surface area contributed by atoms with Crippen molar-refractivity contribution in [3.8, 4) is 0 Å². The number of rotatable bonds is 4. The van der Waals surface area contributed by atoms with E-state index in [1.165, 1.54) is 23.7 Å². The number of aromatic nitrogens is 4. The lowest BCUT2D eigenvalue weighted by Gasteiger charge is -2.15. The van der Waals surface area contributed by atoms with E-state index in [4.69, 9.17) is 11.6 Å². The maximum Gasteiger partial charge on any atom is 0.299 e. The molecule has 1 aromatic carbocycles. The van der Waals surface area contributed by atoms with Crippen molar-refractivity contribution in [2.75, 3.05) is 4.72 Å². The van der Waals surface area contributed by atoms with Gasteiger partial charge in [0.15, 0.2) is 0 Å². The number of sulfonamides is 1. The van der Waals surface area contributed by atoms with Crippen molar-refractivity contribution in [2.24, 2.45) is 0 Å². The summed E-state index contributed by atoms with van der Waals surface area (Å²) in [5.41, 5.74) is 0.461. The van der Waals surface area contributed by atoms with Gasteiger partial charge in [0.1, 0.15) is 0 Å². The number of carboxylic acid groups (broad SMARTS) is 1. The molecule has 0 aliphatic rings. The molecular weight excluding hydrogens is 370 g/mol. The standard InChI is InChI=1S/C14H12ClN5O4S/c1-7-5-16-13-17-14(18-20(13)6-7)25(23,24)19-11-8(2)10(15)4-3-9(11)12(21)22/h3-6,19H,1-2H3,(H,21,22)/p-1. The molecule has 0 aliphatic carbocycles. The molecular formula is C14H11ClN5O4S-. The number of halogens is 1. The highest BCUT2D eigenvalue weighted by molar-refractivity contribution is 7.92. The van der Waals surface area contributed by atoms with Crippen LogP contribution in [0.4, 0.5) is 5.69 Å². The molecule has 0 amide bonds. The number of aryl methyl sites for hydroxylation is 1. The molecule has 0 spiro atoms. The van der Waals surface area contributed by atoms with Crippen LogP contribution in [0.25, 0.3) is 5.78 Å². The third-order valence-corrected chi connectivity index (χ3v) is 4.93. The molecule has 0 bridgehead atoms. The van der Waals surface area contributed by atoms with Gasteiger partial charge in [0, 0.05) is 23.0 Å². The van der Waals surface area contributed by atoms with E-state index in [-0.39, 0.29) is 27.6 Å². The Morgan fingerprint density at radius 3 is 2.72 bits per heavy atom. The zero-order chi connectivity index (χ0) is 18.4. The molecule has 1 N–H and O–H groups in total. The zero-order valence-corrected chi connectivity index (χ0v) is 14.6. The largest absolute Gasteiger partial charge is 0.545 e. The Kier molecular flexibility index (Phi) is 4.09. The second-order valence-corrected chi connectivity index (χ2v) is 7.24. The Morgan fingerprint density at radius 1 is 1.32 bits per heavy atom. The van der Waals surface area contributed by atoms with Crippen molar-refractivity contribution < 1.29 is 18.3 Å². The number of nitrogens with one attached hydrogen (secondary N) is 1. The van der Waals surface area contributed by atoms with Crippen molar-refractivity contribution in [3.63, 3.8) is 0 Å².